The Bertz CT molecular complexity index is 438. The van der Waals surface area contributed by atoms with Crippen molar-refractivity contribution in [2.45, 2.75) is 46.1 Å². The Labute approximate surface area is 118 Å². The van der Waals surface area contributed by atoms with Crippen molar-refractivity contribution in [1.29, 1.82) is 0 Å². The first kappa shape index (κ1) is 15.7. The van der Waals surface area contributed by atoms with Crippen molar-refractivity contribution in [3.05, 3.63) is 27.4 Å². The van der Waals surface area contributed by atoms with E-state index < -0.39 is 4.92 Å². The van der Waals surface area contributed by atoms with Gasteiger partial charge < -0.3 is 4.90 Å². The smallest absolute Gasteiger partial charge is 0.276 e. The van der Waals surface area contributed by atoms with Crippen LogP contribution in [0.25, 0.3) is 0 Å². The molecule has 0 bridgehead atoms. The number of halogens is 1. The largest absolute Gasteiger partial charge is 0.354 e. The second-order valence-corrected chi connectivity index (χ2v) is 5.14. The van der Waals surface area contributed by atoms with E-state index in [1.165, 1.54) is 12.1 Å². The van der Waals surface area contributed by atoms with E-state index >= 15 is 0 Å². The topological polar surface area (TPSA) is 59.3 Å². The molecule has 5 nitrogen and oxygen atoms in total. The van der Waals surface area contributed by atoms with Gasteiger partial charge in [0.1, 0.15) is 11.0 Å². The van der Waals surface area contributed by atoms with Crippen molar-refractivity contribution in [3.8, 4) is 0 Å². The van der Waals surface area contributed by atoms with Crippen molar-refractivity contribution in [3.63, 3.8) is 0 Å². The van der Waals surface area contributed by atoms with Crippen LogP contribution >= 0.6 is 11.6 Å². The minimum atomic E-state index is -0.443. The average molecular weight is 286 g/mol. The van der Waals surface area contributed by atoms with Crippen LogP contribution in [0.2, 0.25) is 5.15 Å². The molecule has 1 heterocycles. The van der Waals surface area contributed by atoms with Crippen LogP contribution in [0.5, 0.6) is 0 Å². The van der Waals surface area contributed by atoms with Crippen molar-refractivity contribution in [1.82, 2.24) is 4.98 Å². The highest BCUT2D eigenvalue weighted by Crippen LogP contribution is 2.24. The molecular formula is C13H20ClN3O2. The normalized spacial score (nSPS) is 10.8. The van der Waals surface area contributed by atoms with Crippen LogP contribution in [0, 0.1) is 10.1 Å². The zero-order valence-electron chi connectivity index (χ0n) is 11.6. The van der Waals surface area contributed by atoms with Gasteiger partial charge in [0.05, 0.1) is 17.1 Å². The molecule has 0 unspecified atom stereocenters. The summed E-state index contributed by atoms with van der Waals surface area (Å²) in [6.45, 7) is 7.05. The fraction of sp³-hybridized carbons (Fsp3) is 0.615. The molecule has 6 heteroatoms. The third kappa shape index (κ3) is 4.67. The molecule has 0 aliphatic carbocycles. The standard InChI is InChI=1S/C13H20ClN3O2/c1-4-5-6-7-16(10(2)3)13-9-11(17(18)19)8-12(14)15-13/h8-10H,4-7H2,1-3H3. The molecule has 1 aromatic heterocycles. The SMILES string of the molecule is CCCCCN(c1cc([N+](=O)[O-])cc(Cl)n1)C(C)C. The van der Waals surface area contributed by atoms with Crippen LogP contribution in [0.3, 0.4) is 0 Å². The summed E-state index contributed by atoms with van der Waals surface area (Å²) in [4.78, 5) is 16.7. The molecule has 1 rings (SSSR count). The lowest BCUT2D eigenvalue weighted by atomic mass is 10.2. The van der Waals surface area contributed by atoms with E-state index in [1.54, 1.807) is 0 Å². The number of hydrogen-bond donors (Lipinski definition) is 0. The second kappa shape index (κ2) is 7.28. The van der Waals surface area contributed by atoms with Gasteiger partial charge in [-0.05, 0) is 20.3 Å². The number of nitro groups is 1. The van der Waals surface area contributed by atoms with Gasteiger partial charge in [0, 0.05) is 12.6 Å². The minimum Gasteiger partial charge on any atom is -0.354 e. The molecule has 0 radical (unpaired) electrons. The van der Waals surface area contributed by atoms with Crippen LogP contribution < -0.4 is 4.90 Å². The first-order chi connectivity index (χ1) is 8.95. The molecule has 0 aliphatic heterocycles. The monoisotopic (exact) mass is 285 g/mol. The Morgan fingerprint density at radius 1 is 1.42 bits per heavy atom. The number of nitrogens with zero attached hydrogens (tertiary/aromatic N) is 3. The van der Waals surface area contributed by atoms with Gasteiger partial charge >= 0.3 is 0 Å². The summed E-state index contributed by atoms with van der Waals surface area (Å²) < 4.78 is 0. The molecular weight excluding hydrogens is 266 g/mol. The summed E-state index contributed by atoms with van der Waals surface area (Å²) in [6.07, 6.45) is 3.30. The predicted octanol–water partition coefficient (Wildman–Crippen LogP) is 4.05. The van der Waals surface area contributed by atoms with E-state index in [2.05, 4.69) is 16.8 Å². The van der Waals surface area contributed by atoms with E-state index in [0.29, 0.717) is 5.82 Å². The molecule has 0 aliphatic rings. The van der Waals surface area contributed by atoms with Crippen LogP contribution in [-0.4, -0.2) is 22.5 Å². The highest BCUT2D eigenvalue weighted by Gasteiger charge is 2.17. The van der Waals surface area contributed by atoms with Crippen LogP contribution in [0.15, 0.2) is 12.1 Å². The van der Waals surface area contributed by atoms with Gasteiger partial charge in [-0.2, -0.15) is 0 Å². The molecule has 19 heavy (non-hydrogen) atoms. The first-order valence-electron chi connectivity index (χ1n) is 6.54. The Kier molecular flexibility index (Phi) is 6.02. The number of pyridine rings is 1. The third-order valence-electron chi connectivity index (χ3n) is 2.90. The van der Waals surface area contributed by atoms with E-state index in [0.717, 1.165) is 25.8 Å². The molecule has 0 saturated carbocycles. The van der Waals surface area contributed by atoms with Crippen molar-refractivity contribution >= 4 is 23.1 Å². The molecule has 0 spiro atoms. The summed E-state index contributed by atoms with van der Waals surface area (Å²) in [7, 11) is 0. The third-order valence-corrected chi connectivity index (χ3v) is 3.09. The molecule has 0 aromatic carbocycles. The summed E-state index contributed by atoms with van der Waals surface area (Å²) in [5.74, 6) is 0.574. The fourth-order valence-corrected chi connectivity index (χ4v) is 2.09. The van der Waals surface area contributed by atoms with Gasteiger partial charge in [-0.15, -0.1) is 0 Å². The van der Waals surface area contributed by atoms with Gasteiger partial charge in [0.25, 0.3) is 5.69 Å². The van der Waals surface area contributed by atoms with Crippen LogP contribution in [0.1, 0.15) is 40.0 Å². The number of hydrogen-bond acceptors (Lipinski definition) is 4. The highest BCUT2D eigenvalue weighted by molar-refractivity contribution is 6.29. The fourth-order valence-electron chi connectivity index (χ4n) is 1.89. The molecule has 0 fully saturated rings. The molecule has 0 saturated heterocycles. The predicted molar refractivity (Wildman–Crippen MR) is 77.9 cm³/mol. The summed E-state index contributed by atoms with van der Waals surface area (Å²) in [5.41, 5.74) is -0.0175. The Morgan fingerprint density at radius 2 is 2.11 bits per heavy atom. The lowest BCUT2D eigenvalue weighted by molar-refractivity contribution is -0.384. The van der Waals surface area contributed by atoms with Crippen LogP contribution in [0.4, 0.5) is 11.5 Å². The summed E-state index contributed by atoms with van der Waals surface area (Å²) in [5, 5.41) is 11.0. The van der Waals surface area contributed by atoms with E-state index in [4.69, 9.17) is 11.6 Å². The van der Waals surface area contributed by atoms with Crippen molar-refractivity contribution in [2.75, 3.05) is 11.4 Å². The maximum Gasteiger partial charge on any atom is 0.276 e. The molecule has 0 amide bonds. The Hall–Kier alpha value is -1.36. The summed E-state index contributed by atoms with van der Waals surface area (Å²) >= 11 is 5.86. The van der Waals surface area contributed by atoms with Crippen LogP contribution in [-0.2, 0) is 0 Å². The zero-order chi connectivity index (χ0) is 14.4. The van der Waals surface area contributed by atoms with Gasteiger partial charge in [-0.1, -0.05) is 31.4 Å². The number of rotatable bonds is 7. The second-order valence-electron chi connectivity index (χ2n) is 4.76. The van der Waals surface area contributed by atoms with Crippen molar-refractivity contribution in [2.24, 2.45) is 0 Å². The molecule has 1 aromatic rings. The lowest BCUT2D eigenvalue weighted by Gasteiger charge is -2.27. The van der Waals surface area contributed by atoms with Crippen molar-refractivity contribution < 1.29 is 4.92 Å². The first-order valence-corrected chi connectivity index (χ1v) is 6.92. The lowest BCUT2D eigenvalue weighted by Crippen LogP contribution is -2.32. The Balaban J connectivity index is 2.98. The van der Waals surface area contributed by atoms with E-state index in [1.807, 2.05) is 13.8 Å². The van der Waals surface area contributed by atoms with Gasteiger partial charge in [-0.3, -0.25) is 10.1 Å². The van der Waals surface area contributed by atoms with E-state index in [9.17, 15) is 10.1 Å². The number of aromatic nitrogens is 1. The maximum atomic E-state index is 10.9. The zero-order valence-corrected chi connectivity index (χ0v) is 12.4. The van der Waals surface area contributed by atoms with Gasteiger partial charge in [0.15, 0.2) is 0 Å². The Morgan fingerprint density at radius 3 is 2.63 bits per heavy atom. The average Bonchev–Trinajstić information content (AvgIpc) is 2.33. The molecule has 0 N–H and O–H groups in total. The molecule has 0 atom stereocenters. The maximum absolute atomic E-state index is 10.9. The van der Waals surface area contributed by atoms with Gasteiger partial charge in [-0.25, -0.2) is 4.98 Å². The highest BCUT2D eigenvalue weighted by atomic mass is 35.5. The minimum absolute atomic E-state index is 0.0175. The quantitative estimate of drug-likeness (QED) is 0.328. The number of unbranched alkanes of at least 4 members (excludes halogenated alkanes) is 2. The van der Waals surface area contributed by atoms with Gasteiger partial charge in [0.2, 0.25) is 0 Å². The molecule has 106 valence electrons. The van der Waals surface area contributed by atoms with E-state index in [-0.39, 0.29) is 16.9 Å². The number of anilines is 1. The summed E-state index contributed by atoms with van der Waals surface area (Å²) in [6, 6.07) is 2.98.